The summed E-state index contributed by atoms with van der Waals surface area (Å²) in [5.41, 5.74) is -0.239. The van der Waals surface area contributed by atoms with E-state index >= 15 is 0 Å². The molecule has 1 fully saturated rings. The molecule has 14 heteroatoms. The molecule has 1 unspecified atom stereocenters. The van der Waals surface area contributed by atoms with E-state index in [0.717, 1.165) is 0 Å². The van der Waals surface area contributed by atoms with Crippen LogP contribution in [0.25, 0.3) is 0 Å². The summed E-state index contributed by atoms with van der Waals surface area (Å²) in [4.78, 5) is 26.8. The monoisotopic (exact) mass is 565 g/mol. The van der Waals surface area contributed by atoms with E-state index in [1.807, 2.05) is 0 Å². The number of likely N-dealkylation sites (tertiary alicyclic amines) is 1. The molecule has 1 atom stereocenters. The Hall–Kier alpha value is -3.26. The van der Waals surface area contributed by atoms with Gasteiger partial charge in [-0.05, 0) is 50.1 Å². The summed E-state index contributed by atoms with van der Waals surface area (Å²) in [6, 6.07) is 6.70. The predicted molar refractivity (Wildman–Crippen MR) is 127 cm³/mol. The van der Waals surface area contributed by atoms with Gasteiger partial charge in [0.1, 0.15) is 6.61 Å². The van der Waals surface area contributed by atoms with Gasteiger partial charge in [-0.15, -0.1) is 13.2 Å². The molecule has 1 N–H and O–H groups in total. The third-order valence-electron chi connectivity index (χ3n) is 7.00. The first kappa shape index (κ1) is 28.7. The Kier molecular flexibility index (Phi) is 7.90. The molecule has 0 aliphatic carbocycles. The van der Waals surface area contributed by atoms with Gasteiger partial charge < -0.3 is 24.3 Å². The van der Waals surface area contributed by atoms with Crippen LogP contribution >= 0.6 is 0 Å². The molecule has 4 rings (SSSR count). The Balaban J connectivity index is 0.00000441. The van der Waals surface area contributed by atoms with Crippen LogP contribution in [0, 0.1) is 0 Å². The van der Waals surface area contributed by atoms with Crippen molar-refractivity contribution in [1.29, 1.82) is 0 Å². The molecular weight excluding hydrogens is 536 g/mol. The lowest BCUT2D eigenvalue weighted by Gasteiger charge is -2.47. The molecule has 39 heavy (non-hydrogen) atoms. The molecule has 216 valence electrons. The molecule has 2 aromatic rings. The topological polar surface area (TPSA) is 82.0 Å². The molecule has 0 bridgehead atoms. The Morgan fingerprint density at radius 2 is 1.74 bits per heavy atom. The molecule has 2 aliphatic rings. The predicted octanol–water partition coefficient (Wildman–Crippen LogP) is 4.70. The number of ketones is 1. The molecule has 1 saturated heterocycles. The molecule has 1 spiro atoms. The first-order valence-corrected chi connectivity index (χ1v) is 12.1. The average molecular weight is 566 g/mol. The molecule has 1 amide bonds. The van der Waals surface area contributed by atoms with E-state index in [1.54, 1.807) is 17.9 Å². The largest absolute Gasteiger partial charge is 0.522 e. The highest BCUT2D eigenvalue weighted by molar-refractivity contribution is 5.99. The second kappa shape index (κ2) is 10.7. The minimum absolute atomic E-state index is 0. The molecule has 0 saturated carbocycles. The summed E-state index contributed by atoms with van der Waals surface area (Å²) >= 11 is 0. The van der Waals surface area contributed by atoms with Crippen LogP contribution < -0.4 is 14.8 Å². The van der Waals surface area contributed by atoms with Crippen LogP contribution in [0.3, 0.4) is 0 Å². The zero-order chi connectivity index (χ0) is 28.6. The number of benzene rings is 1. The number of hydrogen-bond acceptors (Lipinski definition) is 6. The lowest BCUT2D eigenvalue weighted by Crippen LogP contribution is -2.57. The molecule has 1 aromatic carbocycles. The van der Waals surface area contributed by atoms with Gasteiger partial charge in [0.2, 0.25) is 0 Å². The van der Waals surface area contributed by atoms with Gasteiger partial charge in [0.15, 0.2) is 11.5 Å². The van der Waals surface area contributed by atoms with E-state index in [2.05, 4.69) is 10.1 Å². The Labute approximate surface area is 221 Å². The molecule has 8 nitrogen and oxygen atoms in total. The van der Waals surface area contributed by atoms with E-state index in [4.69, 9.17) is 9.47 Å². The maximum atomic E-state index is 13.2. The second-order valence-corrected chi connectivity index (χ2v) is 9.41. The second-order valence-electron chi connectivity index (χ2n) is 9.41. The van der Waals surface area contributed by atoms with Crippen molar-refractivity contribution in [2.45, 2.75) is 43.9 Å². The summed E-state index contributed by atoms with van der Waals surface area (Å²) < 4.78 is 91.5. The zero-order valence-corrected chi connectivity index (χ0v) is 21.1. The Morgan fingerprint density at radius 1 is 1.05 bits per heavy atom. The van der Waals surface area contributed by atoms with E-state index in [9.17, 15) is 35.9 Å². The average Bonchev–Trinajstić information content (AvgIpc) is 3.34. The smallest absolute Gasteiger partial charge is 0.493 e. The first-order chi connectivity index (χ1) is 18.3. The van der Waals surface area contributed by atoms with Crippen molar-refractivity contribution in [2.24, 2.45) is 0 Å². The number of methoxy groups -OCH3 is 1. The van der Waals surface area contributed by atoms with Crippen molar-refractivity contribution in [3.63, 3.8) is 0 Å². The van der Waals surface area contributed by atoms with Gasteiger partial charge in [0.05, 0.1) is 24.9 Å². The Bertz CT molecular complexity index is 1220. The number of amides is 1. The minimum Gasteiger partial charge on any atom is -0.493 e. The maximum absolute atomic E-state index is 13.2. The van der Waals surface area contributed by atoms with Crippen molar-refractivity contribution in [2.75, 3.05) is 40.0 Å². The van der Waals surface area contributed by atoms with Crippen LogP contribution in [0.2, 0.25) is 0 Å². The van der Waals surface area contributed by atoms with Crippen molar-refractivity contribution >= 4 is 11.7 Å². The highest BCUT2D eigenvalue weighted by atomic mass is 19.4. The van der Waals surface area contributed by atoms with Gasteiger partial charge >= 0.3 is 12.5 Å². The van der Waals surface area contributed by atoms with Crippen molar-refractivity contribution in [1.82, 2.24) is 14.8 Å². The summed E-state index contributed by atoms with van der Waals surface area (Å²) in [5, 5.41) is 3.42. The molecule has 2 aliphatic heterocycles. The number of halogens is 6. The molecule has 0 radical (unpaired) electrons. The number of nitrogens with zero attached hydrogens (tertiary/aromatic N) is 2. The number of rotatable bonds is 7. The minimum atomic E-state index is -4.98. The number of nitrogens with one attached hydrogen (secondary N) is 1. The van der Waals surface area contributed by atoms with E-state index < -0.39 is 36.2 Å². The van der Waals surface area contributed by atoms with Gasteiger partial charge in [-0.2, -0.15) is 13.2 Å². The zero-order valence-electron chi connectivity index (χ0n) is 21.1. The van der Waals surface area contributed by atoms with Gasteiger partial charge in [0, 0.05) is 38.4 Å². The third kappa shape index (κ3) is 6.01. The van der Waals surface area contributed by atoms with Crippen molar-refractivity contribution in [3.05, 3.63) is 47.3 Å². The number of carbonyl (C=O) groups excluding carboxylic acids is 2. The normalized spacial score (nSPS) is 19.1. The SMILES string of the molecule is COc1cc(C(=O)N2CCC3(CC2)NCC(C)n2c(C(=O)C(F)(F)F)ccc23)ccc1OCCOC(F)(F)F.[HH]. The highest BCUT2D eigenvalue weighted by Crippen LogP contribution is 2.40. The number of ether oxygens (including phenoxy) is 3. The summed E-state index contributed by atoms with van der Waals surface area (Å²) in [6.45, 7) is 1.58. The molecular formula is C25H29F6N3O5. The lowest BCUT2D eigenvalue weighted by atomic mass is 9.82. The third-order valence-corrected chi connectivity index (χ3v) is 7.00. The van der Waals surface area contributed by atoms with Gasteiger partial charge in [0.25, 0.3) is 11.7 Å². The summed E-state index contributed by atoms with van der Waals surface area (Å²) in [6.07, 6.45) is -8.94. The van der Waals surface area contributed by atoms with Crippen LogP contribution in [0.4, 0.5) is 26.3 Å². The summed E-state index contributed by atoms with van der Waals surface area (Å²) in [5.74, 6) is -1.91. The molecule has 3 heterocycles. The van der Waals surface area contributed by atoms with Gasteiger partial charge in [-0.3, -0.25) is 14.3 Å². The number of alkyl halides is 6. The van der Waals surface area contributed by atoms with Crippen LogP contribution in [-0.4, -0.2) is 73.7 Å². The van der Waals surface area contributed by atoms with E-state index in [-0.39, 0.29) is 37.0 Å². The standard InChI is InChI=1S/C25H27F6N3O5.H2/c1-15-14-32-23(20-6-4-17(34(15)20)21(35)24(26,27)28)7-9-33(10-8-23)22(36)16-3-5-18(19(13-16)37-2)38-11-12-39-25(29,30)31;/h3-6,13,15,32H,7-12,14H2,1-2H3;1H. The quantitative estimate of drug-likeness (QED) is 0.298. The molecule has 1 aromatic heterocycles. The number of fused-ring (bicyclic) bond motifs is 2. The van der Waals surface area contributed by atoms with Crippen LogP contribution in [0.15, 0.2) is 30.3 Å². The van der Waals surface area contributed by atoms with Gasteiger partial charge in [-0.1, -0.05) is 0 Å². The van der Waals surface area contributed by atoms with Crippen LogP contribution in [-0.2, 0) is 10.3 Å². The number of Topliss-reactive ketones (excluding diaryl/α,β-unsaturated/α-hetero) is 1. The van der Waals surface area contributed by atoms with Crippen LogP contribution in [0.5, 0.6) is 11.5 Å². The van der Waals surface area contributed by atoms with Crippen molar-refractivity contribution < 1.29 is 51.6 Å². The fourth-order valence-electron chi connectivity index (χ4n) is 5.10. The fraction of sp³-hybridized carbons (Fsp3) is 0.520. The number of hydrogen-bond donors (Lipinski definition) is 1. The summed E-state index contributed by atoms with van der Waals surface area (Å²) in [7, 11) is 1.33. The lowest BCUT2D eigenvalue weighted by molar-refractivity contribution is -0.325. The first-order valence-electron chi connectivity index (χ1n) is 12.1. The van der Waals surface area contributed by atoms with Crippen molar-refractivity contribution in [3.8, 4) is 11.5 Å². The number of piperidine rings is 1. The van der Waals surface area contributed by atoms with Gasteiger partial charge in [-0.25, -0.2) is 0 Å². The van der Waals surface area contributed by atoms with E-state index in [0.29, 0.717) is 38.2 Å². The van der Waals surface area contributed by atoms with Crippen LogP contribution in [0.1, 0.15) is 53.8 Å². The highest BCUT2D eigenvalue weighted by Gasteiger charge is 2.47. The fourth-order valence-corrected chi connectivity index (χ4v) is 5.10. The Morgan fingerprint density at radius 3 is 2.36 bits per heavy atom. The number of aromatic nitrogens is 1. The number of carbonyl (C=O) groups is 2. The maximum Gasteiger partial charge on any atom is 0.522 e. The van der Waals surface area contributed by atoms with E-state index in [1.165, 1.54) is 35.9 Å².